The van der Waals surface area contributed by atoms with E-state index >= 15 is 0 Å². The molecule has 1 aliphatic rings. The second kappa shape index (κ2) is 3.64. The summed E-state index contributed by atoms with van der Waals surface area (Å²) in [4.78, 5) is 5.65. The topological polar surface area (TPSA) is 67.4 Å². The molecule has 1 saturated carbocycles. The maximum Gasteiger partial charge on any atom is 0.212 e. The Bertz CT molecular complexity index is 595. The van der Waals surface area contributed by atoms with Crippen molar-refractivity contribution in [2.75, 3.05) is 0 Å². The minimum absolute atomic E-state index is 0.434. The molecule has 2 aromatic rings. The Morgan fingerprint density at radius 1 is 1.41 bits per heavy atom. The maximum atomic E-state index is 9.03. The molecule has 6 heteroatoms. The van der Waals surface area contributed by atoms with Gasteiger partial charge in [-0.25, -0.2) is 4.98 Å². The zero-order chi connectivity index (χ0) is 12.0. The van der Waals surface area contributed by atoms with Gasteiger partial charge in [-0.2, -0.15) is 9.94 Å². The lowest BCUT2D eigenvalue weighted by molar-refractivity contribution is 0.756. The fourth-order valence-corrected chi connectivity index (χ4v) is 2.65. The van der Waals surface area contributed by atoms with Crippen molar-refractivity contribution in [1.29, 1.82) is 5.26 Å². The van der Waals surface area contributed by atoms with Crippen LogP contribution in [0.4, 0.5) is 0 Å². The maximum absolute atomic E-state index is 9.03. The number of nitrogens with zero attached hydrogens (tertiary/aromatic N) is 5. The Morgan fingerprint density at radius 2 is 2.18 bits per heavy atom. The summed E-state index contributed by atoms with van der Waals surface area (Å²) in [7, 11) is 0. The minimum Gasteiger partial charge on any atom is -0.223 e. The molecular weight excluding hydrogens is 234 g/mol. The molecule has 5 nitrogen and oxygen atoms in total. The lowest BCUT2D eigenvalue weighted by atomic mass is 10.2. The van der Waals surface area contributed by atoms with Crippen molar-refractivity contribution in [3.8, 4) is 11.2 Å². The summed E-state index contributed by atoms with van der Waals surface area (Å²) in [5, 5.41) is 17.8. The molecule has 0 atom stereocenters. The van der Waals surface area contributed by atoms with Crippen molar-refractivity contribution >= 4 is 11.3 Å². The first kappa shape index (κ1) is 10.4. The molecule has 1 fully saturated rings. The molecule has 0 bridgehead atoms. The van der Waals surface area contributed by atoms with E-state index < -0.39 is 0 Å². The highest BCUT2D eigenvalue weighted by atomic mass is 32.1. The molecule has 0 spiro atoms. The van der Waals surface area contributed by atoms with Gasteiger partial charge in [0, 0.05) is 10.8 Å². The number of nitriles is 1. The Labute approximate surface area is 103 Å². The number of aromatic nitrogens is 4. The molecule has 0 aliphatic heterocycles. The molecule has 0 radical (unpaired) electrons. The fourth-order valence-electron chi connectivity index (χ4n) is 1.78. The first-order valence-electron chi connectivity index (χ1n) is 5.51. The fraction of sp³-hybridized carbons (Fsp3) is 0.455. The van der Waals surface area contributed by atoms with Gasteiger partial charge in [0.05, 0.1) is 11.4 Å². The smallest absolute Gasteiger partial charge is 0.212 e. The minimum atomic E-state index is 0.434. The summed E-state index contributed by atoms with van der Waals surface area (Å²) < 4.78 is 1.74. The standard InChI is InChI=1S/C11H11N5S/c1-6-7(2)17-11(13-6)16-10(8-3-4-8)9(5-12)14-15-16/h8H,3-4H2,1-2H3. The zero-order valence-electron chi connectivity index (χ0n) is 9.64. The van der Waals surface area contributed by atoms with Crippen molar-refractivity contribution in [3.05, 3.63) is 22.0 Å². The second-order valence-corrected chi connectivity index (χ2v) is 5.44. The van der Waals surface area contributed by atoms with Gasteiger partial charge in [-0.05, 0) is 26.7 Å². The number of hydrogen-bond acceptors (Lipinski definition) is 5. The summed E-state index contributed by atoms with van der Waals surface area (Å²) >= 11 is 1.59. The Morgan fingerprint density at radius 3 is 2.71 bits per heavy atom. The van der Waals surface area contributed by atoms with E-state index in [0.717, 1.165) is 29.4 Å². The highest BCUT2D eigenvalue weighted by Crippen LogP contribution is 2.42. The van der Waals surface area contributed by atoms with Gasteiger partial charge >= 0.3 is 0 Å². The SMILES string of the molecule is Cc1nc(-n2nnc(C#N)c2C2CC2)sc1C. The van der Waals surface area contributed by atoms with Crippen LogP contribution in [-0.4, -0.2) is 20.0 Å². The van der Waals surface area contributed by atoms with E-state index in [1.54, 1.807) is 16.0 Å². The number of hydrogen-bond donors (Lipinski definition) is 0. The average Bonchev–Trinajstić information content (AvgIpc) is 2.98. The van der Waals surface area contributed by atoms with Gasteiger partial charge in [-0.3, -0.25) is 0 Å². The Kier molecular flexibility index (Phi) is 2.23. The quantitative estimate of drug-likeness (QED) is 0.812. The highest BCUT2D eigenvalue weighted by Gasteiger charge is 2.32. The van der Waals surface area contributed by atoms with Gasteiger partial charge in [0.15, 0.2) is 5.69 Å². The molecule has 3 rings (SSSR count). The first-order valence-corrected chi connectivity index (χ1v) is 6.32. The molecule has 1 aliphatic carbocycles. The summed E-state index contributed by atoms with van der Waals surface area (Å²) in [6, 6.07) is 2.11. The summed E-state index contributed by atoms with van der Waals surface area (Å²) in [5.74, 6) is 0.434. The van der Waals surface area contributed by atoms with Crippen LogP contribution >= 0.6 is 11.3 Å². The lowest BCUT2D eigenvalue weighted by Gasteiger charge is -1.99. The van der Waals surface area contributed by atoms with Gasteiger partial charge < -0.3 is 0 Å². The van der Waals surface area contributed by atoms with Crippen LogP contribution in [0.2, 0.25) is 0 Å². The van der Waals surface area contributed by atoms with E-state index in [1.165, 1.54) is 4.88 Å². The molecule has 0 N–H and O–H groups in total. The van der Waals surface area contributed by atoms with Gasteiger partial charge in [0.1, 0.15) is 6.07 Å². The third kappa shape index (κ3) is 1.63. The monoisotopic (exact) mass is 245 g/mol. The summed E-state index contributed by atoms with van der Waals surface area (Å²) in [6.45, 7) is 4.02. The van der Waals surface area contributed by atoms with Crippen LogP contribution in [0.1, 0.15) is 40.7 Å². The van der Waals surface area contributed by atoms with Crippen LogP contribution in [0.25, 0.3) is 5.13 Å². The molecule has 0 amide bonds. The van der Waals surface area contributed by atoms with Crippen molar-refractivity contribution < 1.29 is 0 Å². The van der Waals surface area contributed by atoms with E-state index in [4.69, 9.17) is 5.26 Å². The molecular formula is C11H11N5S. The van der Waals surface area contributed by atoms with Gasteiger partial charge in [-0.1, -0.05) is 16.6 Å². The van der Waals surface area contributed by atoms with Crippen LogP contribution in [0.15, 0.2) is 0 Å². The van der Waals surface area contributed by atoms with E-state index in [9.17, 15) is 0 Å². The molecule has 0 unspecified atom stereocenters. The Hall–Kier alpha value is -1.74. The van der Waals surface area contributed by atoms with Gasteiger partial charge in [-0.15, -0.1) is 5.10 Å². The predicted molar refractivity (Wildman–Crippen MR) is 63.2 cm³/mol. The molecule has 2 aromatic heterocycles. The number of aryl methyl sites for hydroxylation is 2. The Balaban J connectivity index is 2.14. The normalized spacial score (nSPS) is 14.9. The predicted octanol–water partition coefficient (Wildman–Crippen LogP) is 2.09. The van der Waals surface area contributed by atoms with Gasteiger partial charge in [0.2, 0.25) is 5.13 Å². The lowest BCUT2D eigenvalue weighted by Crippen LogP contribution is -2.01. The van der Waals surface area contributed by atoms with Crippen LogP contribution in [0.5, 0.6) is 0 Å². The molecule has 0 saturated heterocycles. The third-order valence-electron chi connectivity index (χ3n) is 2.97. The number of thiazole rings is 1. The van der Waals surface area contributed by atoms with E-state index in [0.29, 0.717) is 11.6 Å². The number of rotatable bonds is 2. The van der Waals surface area contributed by atoms with Gasteiger partial charge in [0.25, 0.3) is 0 Å². The molecule has 0 aromatic carbocycles. The molecule has 17 heavy (non-hydrogen) atoms. The molecule has 2 heterocycles. The molecule has 86 valence electrons. The second-order valence-electron chi connectivity index (χ2n) is 4.26. The zero-order valence-corrected chi connectivity index (χ0v) is 10.5. The van der Waals surface area contributed by atoms with E-state index in [2.05, 4.69) is 21.4 Å². The summed E-state index contributed by atoms with van der Waals surface area (Å²) in [6.07, 6.45) is 2.23. The van der Waals surface area contributed by atoms with Crippen LogP contribution in [0.3, 0.4) is 0 Å². The van der Waals surface area contributed by atoms with Crippen LogP contribution in [-0.2, 0) is 0 Å². The third-order valence-corrected chi connectivity index (χ3v) is 4.02. The summed E-state index contributed by atoms with van der Waals surface area (Å²) in [5.41, 5.74) is 2.39. The van der Waals surface area contributed by atoms with Crippen molar-refractivity contribution in [2.24, 2.45) is 0 Å². The van der Waals surface area contributed by atoms with Crippen molar-refractivity contribution in [2.45, 2.75) is 32.6 Å². The van der Waals surface area contributed by atoms with E-state index in [-0.39, 0.29) is 0 Å². The van der Waals surface area contributed by atoms with Crippen molar-refractivity contribution in [3.63, 3.8) is 0 Å². The van der Waals surface area contributed by atoms with E-state index in [1.807, 2.05) is 13.8 Å². The largest absolute Gasteiger partial charge is 0.223 e. The van der Waals surface area contributed by atoms with Crippen molar-refractivity contribution in [1.82, 2.24) is 20.0 Å². The van der Waals surface area contributed by atoms with Crippen LogP contribution < -0.4 is 0 Å². The average molecular weight is 245 g/mol. The first-order chi connectivity index (χ1) is 8.20. The highest BCUT2D eigenvalue weighted by molar-refractivity contribution is 7.14. The van der Waals surface area contributed by atoms with Crippen LogP contribution in [0, 0.1) is 25.2 Å².